The highest BCUT2D eigenvalue weighted by atomic mass is 16.5. The van der Waals surface area contributed by atoms with Crippen molar-refractivity contribution >= 4 is 5.97 Å². The molecule has 0 radical (unpaired) electrons. The molecule has 116 valence electrons. The molecule has 1 aliphatic rings. The number of carboxylic acid groups (broad SMARTS) is 1. The van der Waals surface area contributed by atoms with Gasteiger partial charge in [-0.05, 0) is 30.5 Å². The first-order valence-electron chi connectivity index (χ1n) is 7.36. The van der Waals surface area contributed by atoms with Crippen molar-refractivity contribution in [2.75, 3.05) is 26.8 Å². The Balaban J connectivity index is 1.69. The zero-order valence-electron chi connectivity index (χ0n) is 12.5. The van der Waals surface area contributed by atoms with Crippen LogP contribution in [-0.4, -0.2) is 48.9 Å². The maximum absolute atomic E-state index is 10.4. The SMILES string of the molecule is COc1ccc(CN2CCC(OCCC(=O)O)CC2)cc1. The van der Waals surface area contributed by atoms with Crippen molar-refractivity contribution in [2.45, 2.75) is 31.9 Å². The minimum Gasteiger partial charge on any atom is -0.497 e. The number of rotatable bonds is 7. The van der Waals surface area contributed by atoms with Crippen LogP contribution in [0.25, 0.3) is 0 Å². The third-order valence-electron chi connectivity index (χ3n) is 3.77. The molecule has 0 saturated carbocycles. The summed E-state index contributed by atoms with van der Waals surface area (Å²) in [5, 5.41) is 8.59. The summed E-state index contributed by atoms with van der Waals surface area (Å²) in [6.45, 7) is 3.23. The van der Waals surface area contributed by atoms with Crippen molar-refractivity contribution in [3.05, 3.63) is 29.8 Å². The number of aliphatic carboxylic acids is 1. The fraction of sp³-hybridized carbons (Fsp3) is 0.562. The third kappa shape index (κ3) is 5.36. The Labute approximate surface area is 125 Å². The smallest absolute Gasteiger partial charge is 0.305 e. The topological polar surface area (TPSA) is 59.0 Å². The molecule has 1 aromatic carbocycles. The van der Waals surface area contributed by atoms with Gasteiger partial charge in [0, 0.05) is 19.6 Å². The van der Waals surface area contributed by atoms with E-state index in [2.05, 4.69) is 17.0 Å². The standard InChI is InChI=1S/C16H23NO4/c1-20-14-4-2-13(3-5-14)12-17-9-6-15(7-10-17)21-11-8-16(18)19/h2-5,15H,6-12H2,1H3,(H,18,19). The van der Waals surface area contributed by atoms with Gasteiger partial charge in [0.1, 0.15) is 5.75 Å². The van der Waals surface area contributed by atoms with Crippen molar-refractivity contribution in [1.29, 1.82) is 0 Å². The number of carbonyl (C=O) groups is 1. The van der Waals surface area contributed by atoms with Gasteiger partial charge in [0.25, 0.3) is 0 Å². The molecule has 1 fully saturated rings. The number of likely N-dealkylation sites (tertiary alicyclic amines) is 1. The number of piperidine rings is 1. The fourth-order valence-electron chi connectivity index (χ4n) is 2.54. The van der Waals surface area contributed by atoms with E-state index in [1.807, 2.05) is 12.1 Å². The Kier molecular flexibility index (Phi) is 6.02. The van der Waals surface area contributed by atoms with Crippen LogP contribution in [-0.2, 0) is 16.1 Å². The van der Waals surface area contributed by atoms with Crippen molar-refractivity contribution < 1.29 is 19.4 Å². The maximum atomic E-state index is 10.4. The average Bonchev–Trinajstić information content (AvgIpc) is 2.49. The molecule has 5 heteroatoms. The molecule has 0 amide bonds. The first-order chi connectivity index (χ1) is 10.2. The summed E-state index contributed by atoms with van der Waals surface area (Å²) in [6.07, 6.45) is 2.23. The quantitative estimate of drug-likeness (QED) is 0.834. The van der Waals surface area contributed by atoms with Crippen molar-refractivity contribution in [1.82, 2.24) is 4.90 Å². The molecule has 1 saturated heterocycles. The van der Waals surface area contributed by atoms with E-state index in [9.17, 15) is 4.79 Å². The number of hydrogen-bond acceptors (Lipinski definition) is 4. The summed E-state index contributed by atoms with van der Waals surface area (Å²) in [4.78, 5) is 12.8. The molecule has 0 spiro atoms. The highest BCUT2D eigenvalue weighted by Crippen LogP contribution is 2.18. The van der Waals surface area contributed by atoms with E-state index in [1.165, 1.54) is 5.56 Å². The lowest BCUT2D eigenvalue weighted by Crippen LogP contribution is -2.36. The minimum absolute atomic E-state index is 0.0893. The summed E-state index contributed by atoms with van der Waals surface area (Å²) in [7, 11) is 1.67. The van der Waals surface area contributed by atoms with Gasteiger partial charge in [0.2, 0.25) is 0 Å². The largest absolute Gasteiger partial charge is 0.497 e. The van der Waals surface area contributed by atoms with Crippen LogP contribution in [0, 0.1) is 0 Å². The van der Waals surface area contributed by atoms with Gasteiger partial charge >= 0.3 is 5.97 Å². The zero-order valence-corrected chi connectivity index (χ0v) is 12.5. The van der Waals surface area contributed by atoms with E-state index in [0.29, 0.717) is 6.61 Å². The molecular formula is C16H23NO4. The number of benzene rings is 1. The predicted molar refractivity (Wildman–Crippen MR) is 79.5 cm³/mol. The van der Waals surface area contributed by atoms with Gasteiger partial charge < -0.3 is 14.6 Å². The number of carboxylic acids is 1. The number of hydrogen-bond donors (Lipinski definition) is 1. The van der Waals surface area contributed by atoms with Crippen LogP contribution in [0.4, 0.5) is 0 Å². The first kappa shape index (κ1) is 15.8. The number of nitrogens with zero attached hydrogens (tertiary/aromatic N) is 1. The van der Waals surface area contributed by atoms with Crippen LogP contribution in [0.2, 0.25) is 0 Å². The molecule has 21 heavy (non-hydrogen) atoms. The molecule has 0 unspecified atom stereocenters. The predicted octanol–water partition coefficient (Wildman–Crippen LogP) is 2.15. The molecule has 0 atom stereocenters. The first-order valence-corrected chi connectivity index (χ1v) is 7.36. The number of methoxy groups -OCH3 is 1. The van der Waals surface area contributed by atoms with Crippen LogP contribution < -0.4 is 4.74 Å². The van der Waals surface area contributed by atoms with Crippen molar-refractivity contribution in [3.8, 4) is 5.75 Å². The molecular weight excluding hydrogens is 270 g/mol. The monoisotopic (exact) mass is 293 g/mol. The molecule has 0 bridgehead atoms. The molecule has 0 aliphatic carbocycles. The molecule has 1 aliphatic heterocycles. The Bertz CT molecular complexity index is 438. The molecule has 1 N–H and O–H groups in total. The van der Waals surface area contributed by atoms with E-state index in [-0.39, 0.29) is 12.5 Å². The lowest BCUT2D eigenvalue weighted by atomic mass is 10.1. The third-order valence-corrected chi connectivity index (χ3v) is 3.77. The lowest BCUT2D eigenvalue weighted by Gasteiger charge is -2.31. The number of ether oxygens (including phenoxy) is 2. The highest BCUT2D eigenvalue weighted by Gasteiger charge is 2.19. The molecule has 1 heterocycles. The Hall–Kier alpha value is -1.59. The van der Waals surface area contributed by atoms with Gasteiger partial charge in [0.15, 0.2) is 0 Å². The van der Waals surface area contributed by atoms with Crippen molar-refractivity contribution in [2.24, 2.45) is 0 Å². The fourth-order valence-corrected chi connectivity index (χ4v) is 2.54. The van der Waals surface area contributed by atoms with Crippen LogP contribution in [0.5, 0.6) is 5.75 Å². The minimum atomic E-state index is -0.799. The Morgan fingerprint density at radius 2 is 1.95 bits per heavy atom. The maximum Gasteiger partial charge on any atom is 0.305 e. The van der Waals surface area contributed by atoms with E-state index in [4.69, 9.17) is 14.6 Å². The van der Waals surface area contributed by atoms with Gasteiger partial charge in [-0.1, -0.05) is 12.1 Å². The summed E-state index contributed by atoms with van der Waals surface area (Å²) in [6, 6.07) is 8.15. The molecule has 0 aromatic heterocycles. The zero-order chi connectivity index (χ0) is 15.1. The van der Waals surface area contributed by atoms with Gasteiger partial charge in [-0.25, -0.2) is 0 Å². The van der Waals surface area contributed by atoms with Gasteiger partial charge in [0.05, 0.1) is 26.2 Å². The van der Waals surface area contributed by atoms with Crippen LogP contribution in [0.1, 0.15) is 24.8 Å². The van der Waals surface area contributed by atoms with Gasteiger partial charge in [-0.3, -0.25) is 9.69 Å². The summed E-state index contributed by atoms with van der Waals surface area (Å²) in [5.74, 6) is 0.0798. The summed E-state index contributed by atoms with van der Waals surface area (Å²) < 4.78 is 10.8. The average molecular weight is 293 g/mol. The second-order valence-corrected chi connectivity index (χ2v) is 5.34. The molecule has 5 nitrogen and oxygen atoms in total. The molecule has 1 aromatic rings. The molecule has 2 rings (SSSR count). The summed E-state index contributed by atoms with van der Waals surface area (Å²) >= 11 is 0. The van der Waals surface area contributed by atoms with E-state index in [1.54, 1.807) is 7.11 Å². The summed E-state index contributed by atoms with van der Waals surface area (Å²) in [5.41, 5.74) is 1.28. The van der Waals surface area contributed by atoms with E-state index < -0.39 is 5.97 Å². The van der Waals surface area contributed by atoms with Crippen LogP contribution in [0.3, 0.4) is 0 Å². The Morgan fingerprint density at radius 3 is 2.52 bits per heavy atom. The Morgan fingerprint density at radius 1 is 1.29 bits per heavy atom. The van der Waals surface area contributed by atoms with Gasteiger partial charge in [-0.2, -0.15) is 0 Å². The van der Waals surface area contributed by atoms with Crippen LogP contribution >= 0.6 is 0 Å². The highest BCUT2D eigenvalue weighted by molar-refractivity contribution is 5.66. The van der Waals surface area contributed by atoms with E-state index >= 15 is 0 Å². The van der Waals surface area contributed by atoms with Gasteiger partial charge in [-0.15, -0.1) is 0 Å². The van der Waals surface area contributed by atoms with Crippen molar-refractivity contribution in [3.63, 3.8) is 0 Å². The normalized spacial score (nSPS) is 16.8. The lowest BCUT2D eigenvalue weighted by molar-refractivity contribution is -0.138. The second-order valence-electron chi connectivity index (χ2n) is 5.34. The van der Waals surface area contributed by atoms with Crippen LogP contribution in [0.15, 0.2) is 24.3 Å². The second kappa shape index (κ2) is 8.00. The van der Waals surface area contributed by atoms with E-state index in [0.717, 1.165) is 38.2 Å².